The van der Waals surface area contributed by atoms with Crippen LogP contribution in [-0.4, -0.2) is 31.2 Å². The maximum absolute atomic E-state index is 11.9. The zero-order valence-corrected chi connectivity index (χ0v) is 10.7. The molecule has 16 heavy (non-hydrogen) atoms. The Balaban J connectivity index is 2.44. The van der Waals surface area contributed by atoms with E-state index in [1.165, 1.54) is 0 Å². The van der Waals surface area contributed by atoms with Gasteiger partial charge in [0.05, 0.1) is 12.6 Å². The number of amides is 1. The van der Waals surface area contributed by atoms with Gasteiger partial charge in [0.15, 0.2) is 0 Å². The van der Waals surface area contributed by atoms with Gasteiger partial charge in [-0.05, 0) is 18.8 Å². The minimum atomic E-state index is -0.461. The second kappa shape index (κ2) is 5.15. The van der Waals surface area contributed by atoms with Gasteiger partial charge < -0.3 is 15.8 Å². The van der Waals surface area contributed by atoms with E-state index in [0.29, 0.717) is 5.92 Å². The summed E-state index contributed by atoms with van der Waals surface area (Å²) in [6.07, 6.45) is 1.02. The summed E-state index contributed by atoms with van der Waals surface area (Å²) >= 11 is 0. The Kier molecular flexibility index (Phi) is 4.33. The van der Waals surface area contributed by atoms with Gasteiger partial charge in [0.1, 0.15) is 0 Å². The van der Waals surface area contributed by atoms with Crippen LogP contribution in [0.25, 0.3) is 0 Å². The molecule has 1 aliphatic heterocycles. The van der Waals surface area contributed by atoms with E-state index in [2.05, 4.69) is 5.32 Å². The maximum atomic E-state index is 11.9. The van der Waals surface area contributed by atoms with E-state index in [1.807, 2.05) is 27.7 Å². The van der Waals surface area contributed by atoms with Crippen molar-refractivity contribution >= 4 is 5.91 Å². The standard InChI is InChI=1S/C12H24N2O2/c1-8(9-5-6-16-7-9)14-11(15)10(13)12(2,3)4/h8-10H,5-7,13H2,1-4H3,(H,14,15)/t8?,9?,10-/m0/s1. The lowest BCUT2D eigenvalue weighted by atomic mass is 9.86. The SMILES string of the molecule is CC(NC(=O)[C@H](N)C(C)(C)C)C1CCOC1. The molecule has 1 amide bonds. The van der Waals surface area contributed by atoms with Crippen LogP contribution in [0, 0.1) is 11.3 Å². The normalized spacial score (nSPS) is 25.2. The van der Waals surface area contributed by atoms with Crippen LogP contribution in [0.4, 0.5) is 0 Å². The average molecular weight is 228 g/mol. The lowest BCUT2D eigenvalue weighted by Gasteiger charge is -2.28. The molecule has 0 aromatic rings. The van der Waals surface area contributed by atoms with E-state index in [0.717, 1.165) is 19.6 Å². The highest BCUT2D eigenvalue weighted by Gasteiger charge is 2.30. The fourth-order valence-electron chi connectivity index (χ4n) is 1.77. The van der Waals surface area contributed by atoms with E-state index in [4.69, 9.17) is 10.5 Å². The molecule has 3 atom stereocenters. The summed E-state index contributed by atoms with van der Waals surface area (Å²) in [5.74, 6) is 0.364. The van der Waals surface area contributed by atoms with Gasteiger partial charge in [-0.1, -0.05) is 20.8 Å². The van der Waals surface area contributed by atoms with Gasteiger partial charge in [-0.2, -0.15) is 0 Å². The number of carbonyl (C=O) groups is 1. The molecule has 2 unspecified atom stereocenters. The summed E-state index contributed by atoms with van der Waals surface area (Å²) in [6, 6.07) is -0.319. The molecule has 0 bridgehead atoms. The number of nitrogens with one attached hydrogen (secondary N) is 1. The molecule has 0 aliphatic carbocycles. The van der Waals surface area contributed by atoms with Gasteiger partial charge in [-0.15, -0.1) is 0 Å². The molecule has 1 heterocycles. The lowest BCUT2D eigenvalue weighted by Crippen LogP contribution is -2.52. The summed E-state index contributed by atoms with van der Waals surface area (Å²) in [4.78, 5) is 11.9. The predicted octanol–water partition coefficient (Wildman–Crippen LogP) is 0.901. The van der Waals surface area contributed by atoms with E-state index in [1.54, 1.807) is 0 Å². The third-order valence-corrected chi connectivity index (χ3v) is 3.26. The first-order valence-electron chi connectivity index (χ1n) is 5.96. The molecule has 94 valence electrons. The van der Waals surface area contributed by atoms with Gasteiger partial charge in [0, 0.05) is 18.6 Å². The molecule has 0 aromatic carbocycles. The summed E-state index contributed by atoms with van der Waals surface area (Å²) in [5, 5.41) is 2.98. The Morgan fingerprint density at radius 3 is 2.56 bits per heavy atom. The van der Waals surface area contributed by atoms with Crippen LogP contribution in [-0.2, 0) is 9.53 Å². The Morgan fingerprint density at radius 2 is 2.12 bits per heavy atom. The highest BCUT2D eigenvalue weighted by molar-refractivity contribution is 5.82. The minimum absolute atomic E-state index is 0.0631. The molecular formula is C12H24N2O2. The summed E-state index contributed by atoms with van der Waals surface area (Å²) < 4.78 is 5.30. The molecule has 1 fully saturated rings. The fourth-order valence-corrected chi connectivity index (χ4v) is 1.77. The molecule has 0 aromatic heterocycles. The molecule has 3 N–H and O–H groups in total. The first-order chi connectivity index (χ1) is 7.32. The van der Waals surface area contributed by atoms with Crippen LogP contribution in [0.2, 0.25) is 0 Å². The number of nitrogens with two attached hydrogens (primary N) is 1. The first kappa shape index (κ1) is 13.5. The molecule has 0 radical (unpaired) electrons. The average Bonchev–Trinajstić information content (AvgIpc) is 2.67. The topological polar surface area (TPSA) is 64.4 Å². The molecule has 1 saturated heterocycles. The van der Waals surface area contributed by atoms with Crippen molar-refractivity contribution in [2.24, 2.45) is 17.1 Å². The largest absolute Gasteiger partial charge is 0.381 e. The Hall–Kier alpha value is -0.610. The quantitative estimate of drug-likeness (QED) is 0.754. The van der Waals surface area contributed by atoms with Crippen molar-refractivity contribution in [3.05, 3.63) is 0 Å². The van der Waals surface area contributed by atoms with Crippen molar-refractivity contribution in [3.8, 4) is 0 Å². The Morgan fingerprint density at radius 1 is 1.50 bits per heavy atom. The highest BCUT2D eigenvalue weighted by atomic mass is 16.5. The van der Waals surface area contributed by atoms with Crippen molar-refractivity contribution in [3.63, 3.8) is 0 Å². The van der Waals surface area contributed by atoms with E-state index in [9.17, 15) is 4.79 Å². The molecule has 1 rings (SSSR count). The summed E-state index contributed by atoms with van der Waals surface area (Å²) in [5.41, 5.74) is 5.70. The number of hydrogen-bond acceptors (Lipinski definition) is 3. The second-order valence-electron chi connectivity index (χ2n) is 5.76. The van der Waals surface area contributed by atoms with Crippen molar-refractivity contribution < 1.29 is 9.53 Å². The Labute approximate surface area is 97.9 Å². The van der Waals surface area contributed by atoms with E-state index < -0.39 is 6.04 Å². The lowest BCUT2D eigenvalue weighted by molar-refractivity contribution is -0.125. The van der Waals surface area contributed by atoms with Crippen LogP contribution in [0.15, 0.2) is 0 Å². The number of ether oxygens (including phenoxy) is 1. The zero-order valence-electron chi connectivity index (χ0n) is 10.7. The molecule has 0 saturated carbocycles. The van der Waals surface area contributed by atoms with Gasteiger partial charge in [-0.3, -0.25) is 4.79 Å². The van der Waals surface area contributed by atoms with Gasteiger partial charge in [0.2, 0.25) is 5.91 Å². The van der Waals surface area contributed by atoms with E-state index >= 15 is 0 Å². The molecule has 1 aliphatic rings. The van der Waals surface area contributed by atoms with Crippen LogP contribution in [0.5, 0.6) is 0 Å². The maximum Gasteiger partial charge on any atom is 0.237 e. The van der Waals surface area contributed by atoms with Crippen LogP contribution in [0.1, 0.15) is 34.1 Å². The molecular weight excluding hydrogens is 204 g/mol. The third-order valence-electron chi connectivity index (χ3n) is 3.26. The number of rotatable bonds is 3. The zero-order chi connectivity index (χ0) is 12.3. The number of carbonyl (C=O) groups excluding carboxylic acids is 1. The van der Waals surface area contributed by atoms with Crippen molar-refractivity contribution in [1.29, 1.82) is 0 Å². The van der Waals surface area contributed by atoms with Crippen LogP contribution < -0.4 is 11.1 Å². The highest BCUT2D eigenvalue weighted by Crippen LogP contribution is 2.19. The summed E-state index contributed by atoms with van der Waals surface area (Å²) in [7, 11) is 0. The molecule has 4 heteroatoms. The smallest absolute Gasteiger partial charge is 0.237 e. The van der Waals surface area contributed by atoms with Gasteiger partial charge in [-0.25, -0.2) is 0 Å². The fraction of sp³-hybridized carbons (Fsp3) is 0.917. The monoisotopic (exact) mass is 228 g/mol. The first-order valence-corrected chi connectivity index (χ1v) is 5.96. The van der Waals surface area contributed by atoms with Gasteiger partial charge in [0.25, 0.3) is 0 Å². The molecule has 0 spiro atoms. The van der Waals surface area contributed by atoms with Crippen molar-refractivity contribution in [2.75, 3.05) is 13.2 Å². The van der Waals surface area contributed by atoms with Crippen LogP contribution in [0.3, 0.4) is 0 Å². The minimum Gasteiger partial charge on any atom is -0.381 e. The second-order valence-corrected chi connectivity index (χ2v) is 5.76. The Bertz CT molecular complexity index is 242. The predicted molar refractivity (Wildman–Crippen MR) is 64.0 cm³/mol. The molecule has 4 nitrogen and oxygen atoms in total. The third kappa shape index (κ3) is 3.46. The number of hydrogen-bond donors (Lipinski definition) is 2. The van der Waals surface area contributed by atoms with Crippen LogP contribution >= 0.6 is 0 Å². The van der Waals surface area contributed by atoms with Gasteiger partial charge >= 0.3 is 0 Å². The van der Waals surface area contributed by atoms with E-state index in [-0.39, 0.29) is 17.4 Å². The van der Waals surface area contributed by atoms with Crippen molar-refractivity contribution in [2.45, 2.75) is 46.2 Å². The van der Waals surface area contributed by atoms with Crippen molar-refractivity contribution in [1.82, 2.24) is 5.32 Å². The summed E-state index contributed by atoms with van der Waals surface area (Å²) in [6.45, 7) is 9.48.